The number of fused-ring (bicyclic) bond motifs is 1. The second kappa shape index (κ2) is 4.06. The van der Waals surface area contributed by atoms with Crippen LogP contribution in [0.1, 0.15) is 10.5 Å². The van der Waals surface area contributed by atoms with Crippen LogP contribution in [0.25, 0.3) is 11.2 Å². The molecule has 0 saturated carbocycles. The second-order valence-electron chi connectivity index (χ2n) is 3.70. The molecule has 2 heterocycles. The zero-order valence-electron chi connectivity index (χ0n) is 10.1. The molecule has 0 bridgehead atoms. The third kappa shape index (κ3) is 1.50. The molecule has 2 aromatic heterocycles. The van der Waals surface area contributed by atoms with Crippen LogP contribution in [-0.4, -0.2) is 32.4 Å². The number of carbonyl (C=O) groups is 1. The number of rotatable bonds is 2. The molecular formula is C10H11N5O3. The van der Waals surface area contributed by atoms with E-state index < -0.39 is 11.2 Å². The summed E-state index contributed by atoms with van der Waals surface area (Å²) in [5, 5.41) is 2.69. The van der Waals surface area contributed by atoms with E-state index in [-0.39, 0.29) is 22.7 Å². The zero-order valence-corrected chi connectivity index (χ0v) is 10.1. The van der Waals surface area contributed by atoms with Gasteiger partial charge in [0.2, 0.25) is 0 Å². The zero-order chi connectivity index (χ0) is 13.4. The van der Waals surface area contributed by atoms with Crippen molar-refractivity contribution in [3.8, 4) is 0 Å². The van der Waals surface area contributed by atoms with E-state index in [1.54, 1.807) is 7.05 Å². The van der Waals surface area contributed by atoms with Gasteiger partial charge in [-0.1, -0.05) is 0 Å². The van der Waals surface area contributed by atoms with Crippen molar-refractivity contribution in [2.75, 3.05) is 12.4 Å². The number of anilines is 1. The van der Waals surface area contributed by atoms with Gasteiger partial charge in [0.25, 0.3) is 5.56 Å². The highest BCUT2D eigenvalue weighted by molar-refractivity contribution is 5.84. The summed E-state index contributed by atoms with van der Waals surface area (Å²) in [5.74, 6) is 0.223. The molecule has 0 aliphatic carbocycles. The highest BCUT2D eigenvalue weighted by Gasteiger charge is 2.14. The van der Waals surface area contributed by atoms with Gasteiger partial charge in [0.1, 0.15) is 5.69 Å². The van der Waals surface area contributed by atoms with E-state index in [2.05, 4.69) is 15.3 Å². The van der Waals surface area contributed by atoms with Gasteiger partial charge in [-0.15, -0.1) is 0 Å². The van der Waals surface area contributed by atoms with Gasteiger partial charge >= 0.3 is 5.69 Å². The minimum Gasteiger partial charge on any atom is -0.371 e. The van der Waals surface area contributed by atoms with E-state index in [1.165, 1.54) is 18.7 Å². The monoisotopic (exact) mass is 249 g/mol. The van der Waals surface area contributed by atoms with Crippen molar-refractivity contribution in [3.05, 3.63) is 26.5 Å². The Labute approximate surface area is 101 Å². The standard InChI is InChI=1S/C10H11N5O3/c1-11-7-5(4-16)12-6-8(13-7)14(2)10(18)15(3)9(6)17/h4H,1-3H3,(H,11,13). The molecule has 0 aromatic carbocycles. The second-order valence-corrected chi connectivity index (χ2v) is 3.70. The average molecular weight is 249 g/mol. The van der Waals surface area contributed by atoms with Gasteiger partial charge in [-0.2, -0.15) is 0 Å². The van der Waals surface area contributed by atoms with Crippen LogP contribution in [0.5, 0.6) is 0 Å². The smallest absolute Gasteiger partial charge is 0.332 e. The Morgan fingerprint density at radius 3 is 2.39 bits per heavy atom. The van der Waals surface area contributed by atoms with Crippen LogP contribution in [0.3, 0.4) is 0 Å². The summed E-state index contributed by atoms with van der Waals surface area (Å²) in [7, 11) is 4.40. The number of aryl methyl sites for hydroxylation is 1. The Hall–Kier alpha value is -2.51. The van der Waals surface area contributed by atoms with Crippen molar-refractivity contribution in [3.63, 3.8) is 0 Å². The third-order valence-corrected chi connectivity index (χ3v) is 2.65. The minimum atomic E-state index is -0.577. The molecule has 1 N–H and O–H groups in total. The molecule has 2 aromatic rings. The van der Waals surface area contributed by atoms with E-state index >= 15 is 0 Å². The van der Waals surface area contributed by atoms with E-state index in [4.69, 9.17) is 0 Å². The number of nitrogens with zero attached hydrogens (tertiary/aromatic N) is 4. The summed E-state index contributed by atoms with van der Waals surface area (Å²) in [4.78, 5) is 42.5. The molecule has 18 heavy (non-hydrogen) atoms. The number of nitrogens with one attached hydrogen (secondary N) is 1. The molecule has 0 radical (unpaired) electrons. The fraction of sp³-hybridized carbons (Fsp3) is 0.300. The Balaban J connectivity index is 3.07. The van der Waals surface area contributed by atoms with Crippen molar-refractivity contribution in [1.82, 2.24) is 19.1 Å². The molecule has 0 atom stereocenters. The normalized spacial score (nSPS) is 10.6. The highest BCUT2D eigenvalue weighted by Crippen LogP contribution is 2.10. The summed E-state index contributed by atoms with van der Waals surface area (Å²) in [6.45, 7) is 0. The highest BCUT2D eigenvalue weighted by atomic mass is 16.2. The van der Waals surface area contributed by atoms with Crippen LogP contribution in [0.4, 0.5) is 5.82 Å². The van der Waals surface area contributed by atoms with Crippen LogP contribution >= 0.6 is 0 Å². The summed E-state index contributed by atoms with van der Waals surface area (Å²) in [5.41, 5.74) is -0.923. The molecule has 0 amide bonds. The van der Waals surface area contributed by atoms with Gasteiger partial charge in [-0.3, -0.25) is 18.7 Å². The van der Waals surface area contributed by atoms with Gasteiger partial charge < -0.3 is 5.32 Å². The molecule has 0 saturated heterocycles. The lowest BCUT2D eigenvalue weighted by molar-refractivity contribution is 0.112. The Kier molecular flexibility index (Phi) is 2.70. The van der Waals surface area contributed by atoms with Gasteiger partial charge in [0.05, 0.1) is 0 Å². The van der Waals surface area contributed by atoms with E-state index in [1.807, 2.05) is 0 Å². The first-order valence-corrected chi connectivity index (χ1v) is 5.12. The maximum atomic E-state index is 11.9. The van der Waals surface area contributed by atoms with Gasteiger partial charge in [0.15, 0.2) is 23.3 Å². The van der Waals surface area contributed by atoms with Crippen LogP contribution < -0.4 is 16.6 Å². The fourth-order valence-corrected chi connectivity index (χ4v) is 1.64. The quantitative estimate of drug-likeness (QED) is 0.677. The van der Waals surface area contributed by atoms with Gasteiger partial charge in [-0.25, -0.2) is 14.8 Å². The van der Waals surface area contributed by atoms with Gasteiger partial charge in [-0.05, 0) is 0 Å². The first kappa shape index (κ1) is 12.0. The number of hydrogen-bond donors (Lipinski definition) is 1. The summed E-state index contributed by atoms with van der Waals surface area (Å²) >= 11 is 0. The van der Waals surface area contributed by atoms with Gasteiger partial charge in [0, 0.05) is 21.1 Å². The fourth-order valence-electron chi connectivity index (χ4n) is 1.64. The van der Waals surface area contributed by atoms with Crippen LogP contribution in [0.15, 0.2) is 9.59 Å². The molecular weight excluding hydrogens is 238 g/mol. The largest absolute Gasteiger partial charge is 0.371 e. The molecule has 0 fully saturated rings. The lowest BCUT2D eigenvalue weighted by atomic mass is 10.4. The van der Waals surface area contributed by atoms with Crippen molar-refractivity contribution in [2.24, 2.45) is 14.1 Å². The van der Waals surface area contributed by atoms with Crippen molar-refractivity contribution >= 4 is 23.3 Å². The minimum absolute atomic E-state index is 0.0132. The predicted octanol–water partition coefficient (Wildman–Crippen LogP) is -1.12. The molecule has 0 unspecified atom stereocenters. The van der Waals surface area contributed by atoms with Crippen LogP contribution in [0.2, 0.25) is 0 Å². The summed E-state index contributed by atoms with van der Waals surface area (Å²) in [6.07, 6.45) is 0.503. The van der Waals surface area contributed by atoms with Crippen LogP contribution in [0, 0.1) is 0 Å². The number of aldehydes is 1. The van der Waals surface area contributed by atoms with E-state index in [9.17, 15) is 14.4 Å². The molecule has 2 rings (SSSR count). The first-order chi connectivity index (χ1) is 8.51. The Morgan fingerprint density at radius 1 is 1.17 bits per heavy atom. The van der Waals surface area contributed by atoms with Crippen molar-refractivity contribution < 1.29 is 4.79 Å². The number of carbonyl (C=O) groups excluding carboxylic acids is 1. The Bertz CT molecular complexity index is 759. The molecule has 0 aliphatic heterocycles. The summed E-state index contributed by atoms with van der Waals surface area (Å²) in [6, 6.07) is 0. The summed E-state index contributed by atoms with van der Waals surface area (Å²) < 4.78 is 2.13. The molecule has 94 valence electrons. The molecule has 0 spiro atoms. The van der Waals surface area contributed by atoms with E-state index in [0.29, 0.717) is 6.29 Å². The predicted molar refractivity (Wildman–Crippen MR) is 65.0 cm³/mol. The maximum Gasteiger partial charge on any atom is 0.332 e. The van der Waals surface area contributed by atoms with E-state index in [0.717, 1.165) is 4.57 Å². The first-order valence-electron chi connectivity index (χ1n) is 5.12. The number of hydrogen-bond acceptors (Lipinski definition) is 6. The SMILES string of the molecule is CNc1nc2c(nc1C=O)c(=O)n(C)c(=O)n2C. The lowest BCUT2D eigenvalue weighted by Crippen LogP contribution is -2.38. The van der Waals surface area contributed by atoms with Crippen molar-refractivity contribution in [2.45, 2.75) is 0 Å². The average Bonchev–Trinajstić information content (AvgIpc) is 2.41. The Morgan fingerprint density at radius 2 is 1.83 bits per heavy atom. The molecule has 8 nitrogen and oxygen atoms in total. The maximum absolute atomic E-state index is 11.9. The third-order valence-electron chi connectivity index (χ3n) is 2.65. The van der Waals surface area contributed by atoms with Crippen molar-refractivity contribution in [1.29, 1.82) is 0 Å². The number of aromatic nitrogens is 4. The van der Waals surface area contributed by atoms with Crippen LogP contribution in [-0.2, 0) is 14.1 Å². The topological polar surface area (TPSA) is 98.9 Å². The molecule has 8 heteroatoms. The lowest BCUT2D eigenvalue weighted by Gasteiger charge is -2.08. The molecule has 0 aliphatic rings.